The SMILES string of the molecule is CN1CC[C@@H]2C[C@@H]1c1ccccc12. The number of likely N-dealkylation sites (tertiary alicyclic amines) is 1. The van der Waals surface area contributed by atoms with Gasteiger partial charge < -0.3 is 0 Å². The van der Waals surface area contributed by atoms with Gasteiger partial charge in [0.2, 0.25) is 0 Å². The third kappa shape index (κ3) is 0.969. The minimum absolute atomic E-state index is 0.718. The molecule has 1 aromatic rings. The molecule has 68 valence electrons. The van der Waals surface area contributed by atoms with Crippen LogP contribution in [0.2, 0.25) is 0 Å². The van der Waals surface area contributed by atoms with Crippen LogP contribution in [-0.2, 0) is 0 Å². The number of fused-ring (bicyclic) bond motifs is 5. The summed E-state index contributed by atoms with van der Waals surface area (Å²) in [4.78, 5) is 2.50. The van der Waals surface area contributed by atoms with E-state index < -0.39 is 0 Å². The summed E-state index contributed by atoms with van der Waals surface area (Å²) in [5.74, 6) is 0.859. The van der Waals surface area contributed by atoms with E-state index in [9.17, 15) is 0 Å². The second kappa shape index (κ2) is 2.58. The molecule has 2 bridgehead atoms. The summed E-state index contributed by atoms with van der Waals surface area (Å²) in [5, 5.41) is 0. The largest absolute Gasteiger partial charge is 0.299 e. The molecule has 1 heteroatoms. The van der Waals surface area contributed by atoms with Crippen LogP contribution in [0.15, 0.2) is 24.3 Å². The Morgan fingerprint density at radius 3 is 2.85 bits per heavy atom. The maximum atomic E-state index is 2.50. The Kier molecular flexibility index (Phi) is 1.50. The Balaban J connectivity index is 2.13. The minimum Gasteiger partial charge on any atom is -0.299 e. The lowest BCUT2D eigenvalue weighted by Gasteiger charge is -2.29. The third-order valence-corrected chi connectivity index (χ3v) is 3.66. The van der Waals surface area contributed by atoms with Gasteiger partial charge in [-0.2, -0.15) is 0 Å². The van der Waals surface area contributed by atoms with Crippen LogP contribution in [0, 0.1) is 0 Å². The molecule has 1 aliphatic carbocycles. The van der Waals surface area contributed by atoms with Gasteiger partial charge in [0.15, 0.2) is 0 Å². The summed E-state index contributed by atoms with van der Waals surface area (Å²) in [7, 11) is 2.25. The van der Waals surface area contributed by atoms with E-state index in [1.54, 1.807) is 11.1 Å². The Hall–Kier alpha value is -0.820. The average molecular weight is 173 g/mol. The van der Waals surface area contributed by atoms with Crippen molar-refractivity contribution in [3.05, 3.63) is 35.4 Å². The highest BCUT2D eigenvalue weighted by molar-refractivity contribution is 5.39. The van der Waals surface area contributed by atoms with E-state index in [0.717, 1.165) is 12.0 Å². The number of rotatable bonds is 0. The van der Waals surface area contributed by atoms with Crippen molar-refractivity contribution in [1.82, 2.24) is 4.90 Å². The monoisotopic (exact) mass is 173 g/mol. The fourth-order valence-corrected chi connectivity index (χ4v) is 2.92. The van der Waals surface area contributed by atoms with Crippen molar-refractivity contribution in [1.29, 1.82) is 0 Å². The van der Waals surface area contributed by atoms with E-state index in [1.165, 1.54) is 19.4 Å². The summed E-state index contributed by atoms with van der Waals surface area (Å²) < 4.78 is 0. The normalized spacial score (nSPS) is 31.8. The van der Waals surface area contributed by atoms with E-state index in [2.05, 4.69) is 36.2 Å². The first-order valence-electron chi connectivity index (χ1n) is 5.15. The summed E-state index contributed by atoms with van der Waals surface area (Å²) in [6.07, 6.45) is 2.71. The maximum Gasteiger partial charge on any atom is 0.0353 e. The van der Waals surface area contributed by atoms with Crippen LogP contribution >= 0.6 is 0 Å². The van der Waals surface area contributed by atoms with E-state index >= 15 is 0 Å². The summed E-state index contributed by atoms with van der Waals surface area (Å²) in [5.41, 5.74) is 3.21. The van der Waals surface area contributed by atoms with Gasteiger partial charge in [-0.1, -0.05) is 24.3 Å². The van der Waals surface area contributed by atoms with Crippen molar-refractivity contribution in [2.24, 2.45) is 0 Å². The molecule has 0 radical (unpaired) electrons. The number of benzene rings is 1. The van der Waals surface area contributed by atoms with Crippen molar-refractivity contribution in [2.75, 3.05) is 13.6 Å². The Morgan fingerprint density at radius 1 is 1.23 bits per heavy atom. The van der Waals surface area contributed by atoms with Gasteiger partial charge >= 0.3 is 0 Å². The smallest absolute Gasteiger partial charge is 0.0353 e. The average Bonchev–Trinajstić information content (AvgIpc) is 2.48. The zero-order valence-corrected chi connectivity index (χ0v) is 8.03. The lowest BCUT2D eigenvalue weighted by Crippen LogP contribution is -2.28. The van der Waals surface area contributed by atoms with E-state index in [4.69, 9.17) is 0 Å². The van der Waals surface area contributed by atoms with Gasteiger partial charge in [-0.3, -0.25) is 4.90 Å². The van der Waals surface area contributed by atoms with Crippen LogP contribution in [0.1, 0.15) is 35.9 Å². The van der Waals surface area contributed by atoms with Crippen LogP contribution in [-0.4, -0.2) is 18.5 Å². The highest BCUT2D eigenvalue weighted by atomic mass is 15.1. The second-order valence-electron chi connectivity index (χ2n) is 4.35. The molecule has 0 unspecified atom stereocenters. The molecule has 3 rings (SSSR count). The predicted octanol–water partition coefficient (Wildman–Crippen LogP) is 2.55. The fraction of sp³-hybridized carbons (Fsp3) is 0.500. The molecular formula is C12H15N. The van der Waals surface area contributed by atoms with Gasteiger partial charge in [0, 0.05) is 6.04 Å². The summed E-state index contributed by atoms with van der Waals surface area (Å²) in [6, 6.07) is 9.70. The fourth-order valence-electron chi connectivity index (χ4n) is 2.92. The highest BCUT2D eigenvalue weighted by Gasteiger charge is 2.36. The lowest BCUT2D eigenvalue weighted by atomic mass is 9.96. The lowest BCUT2D eigenvalue weighted by molar-refractivity contribution is 0.192. The zero-order chi connectivity index (χ0) is 8.84. The first-order valence-corrected chi connectivity index (χ1v) is 5.15. The molecule has 0 spiro atoms. The van der Waals surface area contributed by atoms with Gasteiger partial charge in [-0.05, 0) is 43.5 Å². The van der Waals surface area contributed by atoms with E-state index in [1.807, 2.05) is 0 Å². The highest BCUT2D eigenvalue weighted by Crippen LogP contribution is 2.47. The molecule has 0 saturated carbocycles. The van der Waals surface area contributed by atoms with Crippen molar-refractivity contribution in [3.8, 4) is 0 Å². The Morgan fingerprint density at radius 2 is 2.00 bits per heavy atom. The van der Waals surface area contributed by atoms with E-state index in [0.29, 0.717) is 0 Å². The van der Waals surface area contributed by atoms with Gasteiger partial charge in [-0.25, -0.2) is 0 Å². The second-order valence-corrected chi connectivity index (χ2v) is 4.35. The van der Waals surface area contributed by atoms with Crippen LogP contribution in [0.3, 0.4) is 0 Å². The maximum absolute atomic E-state index is 2.50. The zero-order valence-electron chi connectivity index (χ0n) is 8.03. The van der Waals surface area contributed by atoms with Crippen molar-refractivity contribution in [2.45, 2.75) is 24.8 Å². The van der Waals surface area contributed by atoms with Crippen LogP contribution in [0.4, 0.5) is 0 Å². The molecular weight excluding hydrogens is 158 g/mol. The molecule has 2 atom stereocenters. The number of hydrogen-bond donors (Lipinski definition) is 0. The Labute approximate surface area is 79.4 Å². The predicted molar refractivity (Wildman–Crippen MR) is 53.8 cm³/mol. The topological polar surface area (TPSA) is 3.24 Å². The Bertz CT molecular complexity index is 332. The molecule has 13 heavy (non-hydrogen) atoms. The van der Waals surface area contributed by atoms with Gasteiger partial charge in [0.25, 0.3) is 0 Å². The van der Waals surface area contributed by atoms with Gasteiger partial charge in [0.1, 0.15) is 0 Å². The first-order chi connectivity index (χ1) is 6.36. The quantitative estimate of drug-likeness (QED) is 0.582. The van der Waals surface area contributed by atoms with Crippen molar-refractivity contribution >= 4 is 0 Å². The minimum atomic E-state index is 0.718. The number of nitrogens with zero attached hydrogens (tertiary/aromatic N) is 1. The molecule has 0 aromatic heterocycles. The number of piperidine rings is 1. The molecule has 1 aliphatic heterocycles. The molecule has 0 N–H and O–H groups in total. The van der Waals surface area contributed by atoms with Crippen molar-refractivity contribution < 1.29 is 0 Å². The standard InChI is InChI=1S/C12H15N/c1-13-7-6-9-8-12(13)11-5-3-2-4-10(9)11/h2-5,9,12H,6-8H2,1H3/t9-,12-/m1/s1. The van der Waals surface area contributed by atoms with Gasteiger partial charge in [0.05, 0.1) is 0 Å². The molecule has 1 saturated heterocycles. The molecule has 1 fully saturated rings. The molecule has 1 nitrogen and oxygen atoms in total. The summed E-state index contributed by atoms with van der Waals surface area (Å²) >= 11 is 0. The van der Waals surface area contributed by atoms with Crippen molar-refractivity contribution in [3.63, 3.8) is 0 Å². The third-order valence-electron chi connectivity index (χ3n) is 3.66. The molecule has 1 heterocycles. The van der Waals surface area contributed by atoms with Crippen LogP contribution in [0.25, 0.3) is 0 Å². The van der Waals surface area contributed by atoms with Gasteiger partial charge in [-0.15, -0.1) is 0 Å². The molecule has 2 aliphatic rings. The number of hydrogen-bond acceptors (Lipinski definition) is 1. The van der Waals surface area contributed by atoms with Crippen LogP contribution < -0.4 is 0 Å². The van der Waals surface area contributed by atoms with E-state index in [-0.39, 0.29) is 0 Å². The van der Waals surface area contributed by atoms with Crippen LogP contribution in [0.5, 0.6) is 0 Å². The summed E-state index contributed by atoms with van der Waals surface area (Å²) in [6.45, 7) is 1.27. The molecule has 0 amide bonds. The first kappa shape index (κ1) is 7.57. The molecule has 1 aromatic carbocycles.